The fourth-order valence-corrected chi connectivity index (χ4v) is 5.62. The summed E-state index contributed by atoms with van der Waals surface area (Å²) < 4.78 is 1.70. The molecule has 2 aliphatic rings. The molecule has 11 nitrogen and oxygen atoms in total. The van der Waals surface area contributed by atoms with Crippen LogP contribution in [0.1, 0.15) is 43.4 Å². The van der Waals surface area contributed by atoms with Gasteiger partial charge >= 0.3 is 0 Å². The Balaban J connectivity index is 1.24. The molecule has 0 bridgehead atoms. The highest BCUT2D eigenvalue weighted by Gasteiger charge is 2.41. The molecule has 3 aromatic rings. The Bertz CT molecular complexity index is 1320. The van der Waals surface area contributed by atoms with Crippen LogP contribution in [0.5, 0.6) is 0 Å². The summed E-state index contributed by atoms with van der Waals surface area (Å²) in [4.78, 5) is 47.2. The van der Waals surface area contributed by atoms with Crippen molar-refractivity contribution in [3.8, 4) is 0 Å². The van der Waals surface area contributed by atoms with E-state index in [0.717, 1.165) is 48.2 Å². The molecule has 39 heavy (non-hydrogen) atoms. The number of hydrogen-bond donors (Lipinski definition) is 2. The van der Waals surface area contributed by atoms with Gasteiger partial charge < -0.3 is 20.9 Å². The number of amides is 3. The minimum atomic E-state index is -0.834. The number of carbonyl (C=O) groups excluding carboxylic acids is 3. The standard InChI is InChI=1S/C28H36N8O3/c1-34-24-9-7-19(15-23(24)32-33-34)17-31-27(38)25-16-20(14-21-6-2-3-11-30-21)18-36(25)28(39)22(29)8-10-26(37)35-12-4-5-13-35/h2-3,6-7,9,11,15,20,22,25H,4-5,8,10,12-14,16-18,29H2,1H3,(H,31,38). The molecule has 0 aliphatic carbocycles. The number of fused-ring (bicyclic) bond motifs is 1. The molecule has 0 spiro atoms. The first-order chi connectivity index (χ1) is 18.9. The van der Waals surface area contributed by atoms with E-state index < -0.39 is 12.1 Å². The molecule has 2 aromatic heterocycles. The molecule has 2 fully saturated rings. The molecular weight excluding hydrogens is 496 g/mol. The Morgan fingerprint density at radius 1 is 1.15 bits per heavy atom. The summed E-state index contributed by atoms with van der Waals surface area (Å²) >= 11 is 0. The lowest BCUT2D eigenvalue weighted by Gasteiger charge is -2.27. The van der Waals surface area contributed by atoms with Crippen molar-refractivity contribution in [2.75, 3.05) is 19.6 Å². The van der Waals surface area contributed by atoms with E-state index >= 15 is 0 Å². The Kier molecular flexibility index (Phi) is 8.16. The van der Waals surface area contributed by atoms with Gasteiger partial charge in [0.25, 0.3) is 0 Å². The van der Waals surface area contributed by atoms with Gasteiger partial charge in [0.05, 0.1) is 11.6 Å². The number of pyridine rings is 1. The van der Waals surface area contributed by atoms with Crippen LogP contribution >= 0.6 is 0 Å². The van der Waals surface area contributed by atoms with E-state index in [9.17, 15) is 14.4 Å². The molecule has 3 amide bonds. The van der Waals surface area contributed by atoms with Gasteiger partial charge in [0, 0.05) is 51.5 Å². The van der Waals surface area contributed by atoms with Crippen LogP contribution in [0.4, 0.5) is 0 Å². The normalized spacial score (nSPS) is 19.9. The lowest BCUT2D eigenvalue weighted by atomic mass is 9.99. The fraction of sp³-hybridized carbons (Fsp3) is 0.500. The first kappa shape index (κ1) is 26.7. The van der Waals surface area contributed by atoms with E-state index in [1.807, 2.05) is 48.3 Å². The van der Waals surface area contributed by atoms with E-state index in [2.05, 4.69) is 20.6 Å². The molecule has 2 saturated heterocycles. The molecule has 4 heterocycles. The SMILES string of the molecule is Cn1nnc2cc(CNC(=O)C3CC(Cc4ccccn4)CN3C(=O)C(N)CCC(=O)N3CCCC3)ccc21. The van der Waals surface area contributed by atoms with Crippen LogP contribution in [0.2, 0.25) is 0 Å². The molecule has 3 atom stereocenters. The van der Waals surface area contributed by atoms with E-state index in [1.54, 1.807) is 15.8 Å². The minimum absolute atomic E-state index is 0.0413. The maximum Gasteiger partial charge on any atom is 0.243 e. The molecule has 2 aliphatic heterocycles. The van der Waals surface area contributed by atoms with Crippen LogP contribution < -0.4 is 11.1 Å². The Morgan fingerprint density at radius 3 is 2.74 bits per heavy atom. The van der Waals surface area contributed by atoms with Gasteiger partial charge in [0.15, 0.2) is 0 Å². The third-order valence-corrected chi connectivity index (χ3v) is 7.78. The number of benzene rings is 1. The van der Waals surface area contributed by atoms with E-state index in [1.165, 1.54) is 0 Å². The number of nitrogens with two attached hydrogens (primary N) is 1. The quantitative estimate of drug-likeness (QED) is 0.422. The Morgan fingerprint density at radius 2 is 1.97 bits per heavy atom. The Labute approximate surface area is 227 Å². The summed E-state index contributed by atoms with van der Waals surface area (Å²) in [5.41, 5.74) is 9.79. The molecule has 3 unspecified atom stereocenters. The average Bonchev–Trinajstić information content (AvgIpc) is 3.71. The van der Waals surface area contributed by atoms with Crippen molar-refractivity contribution in [1.29, 1.82) is 0 Å². The average molecular weight is 533 g/mol. The summed E-state index contributed by atoms with van der Waals surface area (Å²) in [5, 5.41) is 11.2. The lowest BCUT2D eigenvalue weighted by Crippen LogP contribution is -2.51. The first-order valence-corrected chi connectivity index (χ1v) is 13.7. The number of aryl methyl sites for hydroxylation is 1. The number of rotatable bonds is 9. The number of aromatic nitrogens is 4. The van der Waals surface area contributed by atoms with E-state index in [0.29, 0.717) is 25.9 Å². The summed E-state index contributed by atoms with van der Waals surface area (Å²) in [6, 6.07) is 10.0. The largest absolute Gasteiger partial charge is 0.350 e. The molecule has 0 radical (unpaired) electrons. The van der Waals surface area contributed by atoms with Crippen molar-refractivity contribution in [2.24, 2.45) is 18.7 Å². The van der Waals surface area contributed by atoms with Crippen molar-refractivity contribution in [1.82, 2.24) is 35.1 Å². The van der Waals surface area contributed by atoms with Crippen molar-refractivity contribution in [2.45, 2.75) is 57.2 Å². The maximum absolute atomic E-state index is 13.5. The molecule has 1 aromatic carbocycles. The van der Waals surface area contributed by atoms with Crippen molar-refractivity contribution in [3.05, 3.63) is 53.9 Å². The van der Waals surface area contributed by atoms with E-state index in [4.69, 9.17) is 5.73 Å². The van der Waals surface area contributed by atoms with Crippen molar-refractivity contribution in [3.63, 3.8) is 0 Å². The van der Waals surface area contributed by atoms with Crippen LogP contribution in [0.25, 0.3) is 11.0 Å². The van der Waals surface area contributed by atoms with Crippen molar-refractivity contribution < 1.29 is 14.4 Å². The van der Waals surface area contributed by atoms with Gasteiger partial charge in [-0.05, 0) is 67.9 Å². The monoisotopic (exact) mass is 532 g/mol. The van der Waals surface area contributed by atoms with Gasteiger partial charge in [-0.2, -0.15) is 0 Å². The third kappa shape index (κ3) is 6.25. The number of likely N-dealkylation sites (tertiary alicyclic amines) is 2. The van der Waals surface area contributed by atoms with Gasteiger partial charge in [0.2, 0.25) is 17.7 Å². The summed E-state index contributed by atoms with van der Waals surface area (Å²) in [5.74, 6) is -0.381. The van der Waals surface area contributed by atoms with Crippen LogP contribution in [-0.2, 0) is 34.4 Å². The molecule has 5 rings (SSSR count). The molecule has 0 saturated carbocycles. The number of nitrogens with one attached hydrogen (secondary N) is 1. The van der Waals surface area contributed by atoms with Crippen LogP contribution in [-0.4, -0.2) is 79.2 Å². The predicted octanol–water partition coefficient (Wildman–Crippen LogP) is 1.17. The maximum atomic E-state index is 13.5. The zero-order chi connectivity index (χ0) is 27.4. The van der Waals surface area contributed by atoms with E-state index in [-0.39, 0.29) is 36.5 Å². The van der Waals surface area contributed by atoms with Gasteiger partial charge in [-0.15, -0.1) is 5.10 Å². The van der Waals surface area contributed by atoms with Crippen molar-refractivity contribution >= 4 is 28.8 Å². The second-order valence-electron chi connectivity index (χ2n) is 10.6. The van der Waals surface area contributed by atoms with Gasteiger partial charge in [-0.3, -0.25) is 19.4 Å². The van der Waals surface area contributed by atoms with Crippen LogP contribution in [0.15, 0.2) is 42.6 Å². The second kappa shape index (κ2) is 11.9. The van der Waals surface area contributed by atoms with Crippen LogP contribution in [0, 0.1) is 5.92 Å². The minimum Gasteiger partial charge on any atom is -0.350 e. The number of hydrogen-bond acceptors (Lipinski definition) is 7. The first-order valence-electron chi connectivity index (χ1n) is 13.7. The molecule has 206 valence electrons. The summed E-state index contributed by atoms with van der Waals surface area (Å²) in [6.07, 6.45) is 5.48. The third-order valence-electron chi connectivity index (χ3n) is 7.78. The fourth-order valence-electron chi connectivity index (χ4n) is 5.62. The highest BCUT2D eigenvalue weighted by molar-refractivity contribution is 5.90. The number of carbonyl (C=O) groups is 3. The molecule has 3 N–H and O–H groups in total. The highest BCUT2D eigenvalue weighted by Crippen LogP contribution is 2.27. The number of nitrogens with zero attached hydrogens (tertiary/aromatic N) is 6. The Hall–Kier alpha value is -3.86. The smallest absolute Gasteiger partial charge is 0.243 e. The second-order valence-corrected chi connectivity index (χ2v) is 10.6. The molecular formula is C28H36N8O3. The lowest BCUT2D eigenvalue weighted by molar-refractivity contribution is -0.140. The topological polar surface area (TPSA) is 139 Å². The van der Waals surface area contributed by atoms with Gasteiger partial charge in [-0.25, -0.2) is 4.68 Å². The van der Waals surface area contributed by atoms with Crippen LogP contribution in [0.3, 0.4) is 0 Å². The predicted molar refractivity (Wildman–Crippen MR) is 145 cm³/mol. The molecule has 11 heteroatoms. The summed E-state index contributed by atoms with van der Waals surface area (Å²) in [7, 11) is 1.83. The zero-order valence-corrected chi connectivity index (χ0v) is 22.3. The highest BCUT2D eigenvalue weighted by atomic mass is 16.2. The van der Waals surface area contributed by atoms with Gasteiger partial charge in [0.1, 0.15) is 11.6 Å². The zero-order valence-electron chi connectivity index (χ0n) is 22.3. The van der Waals surface area contributed by atoms with Gasteiger partial charge in [-0.1, -0.05) is 17.3 Å². The summed E-state index contributed by atoms with van der Waals surface area (Å²) in [6.45, 7) is 2.28.